The molecule has 3 aromatic rings. The summed E-state index contributed by atoms with van der Waals surface area (Å²) < 4.78 is 1.70. The largest absolute Gasteiger partial charge is 0.356 e. The number of hydrogen-bond donors (Lipinski definition) is 1. The van der Waals surface area contributed by atoms with E-state index in [9.17, 15) is 4.79 Å². The predicted octanol–water partition coefficient (Wildman–Crippen LogP) is 1.74. The molecule has 4 nitrogen and oxygen atoms in total. The van der Waals surface area contributed by atoms with Crippen LogP contribution in [0.5, 0.6) is 0 Å². The Morgan fingerprint density at radius 2 is 2.06 bits per heavy atom. The molecule has 1 N–H and O–H groups in total. The van der Waals surface area contributed by atoms with Gasteiger partial charge in [0.05, 0.1) is 0 Å². The molecule has 2 aromatic carbocycles. The number of nitrogens with one attached hydrogen (secondary N) is 1. The summed E-state index contributed by atoms with van der Waals surface area (Å²) in [5.41, 5.74) is 1.73. The average Bonchev–Trinajstić information content (AvgIpc) is 2.80. The molecule has 18 heavy (non-hydrogen) atoms. The first kappa shape index (κ1) is 9.53. The van der Waals surface area contributed by atoms with Gasteiger partial charge in [0.25, 0.3) is 0 Å². The molecule has 1 aromatic heterocycles. The summed E-state index contributed by atoms with van der Waals surface area (Å²) in [6.07, 6.45) is 1.72. The molecule has 4 rings (SSSR count). The van der Waals surface area contributed by atoms with Gasteiger partial charge in [0.15, 0.2) is 12.1 Å². The number of carbonyl (C=O) groups is 1. The van der Waals surface area contributed by atoms with Gasteiger partial charge in [0.1, 0.15) is 11.7 Å². The van der Waals surface area contributed by atoms with E-state index in [2.05, 4.69) is 16.4 Å². The van der Waals surface area contributed by atoms with Crippen LogP contribution >= 0.6 is 0 Å². The third kappa shape index (κ3) is 1.12. The van der Waals surface area contributed by atoms with Gasteiger partial charge in [-0.1, -0.05) is 24.3 Å². The maximum atomic E-state index is 11.9. The first-order valence-electron chi connectivity index (χ1n) is 5.84. The van der Waals surface area contributed by atoms with Crippen LogP contribution in [0.4, 0.5) is 5.82 Å². The van der Waals surface area contributed by atoms with Gasteiger partial charge >= 0.3 is 11.7 Å². The minimum Gasteiger partial charge on any atom is -0.261 e. The first-order chi connectivity index (χ1) is 8.84. The van der Waals surface area contributed by atoms with Crippen LogP contribution in [0.15, 0.2) is 42.6 Å². The number of anilines is 1. The molecule has 0 unspecified atom stereocenters. The summed E-state index contributed by atoms with van der Waals surface area (Å²) >= 11 is 0. The molecular formula is C14H10N3O+. The van der Waals surface area contributed by atoms with E-state index in [4.69, 9.17) is 0 Å². The summed E-state index contributed by atoms with van der Waals surface area (Å²) in [5, 5.41) is 5.25. The fourth-order valence-corrected chi connectivity index (χ4v) is 2.51. The lowest BCUT2D eigenvalue weighted by molar-refractivity contribution is -0.523. The van der Waals surface area contributed by atoms with Gasteiger partial charge in [0.2, 0.25) is 0 Å². The highest BCUT2D eigenvalue weighted by atomic mass is 16.2. The fraction of sp³-hybridized carbons (Fsp3) is 0.0714. The van der Waals surface area contributed by atoms with E-state index >= 15 is 0 Å². The van der Waals surface area contributed by atoms with Crippen LogP contribution in [0.25, 0.3) is 21.8 Å². The van der Waals surface area contributed by atoms with Crippen LogP contribution in [0, 0.1) is 0 Å². The van der Waals surface area contributed by atoms with Crippen molar-refractivity contribution >= 4 is 33.5 Å². The summed E-state index contributed by atoms with van der Waals surface area (Å²) in [7, 11) is 0. The quantitative estimate of drug-likeness (QED) is 0.477. The summed E-state index contributed by atoms with van der Waals surface area (Å²) in [6, 6.07) is 12.1. The molecule has 0 bridgehead atoms. The number of carbonyl (C=O) groups excluding carboxylic acids is 1. The Balaban J connectivity index is 2.23. The van der Waals surface area contributed by atoms with Crippen LogP contribution in [-0.2, 0) is 0 Å². The fourth-order valence-electron chi connectivity index (χ4n) is 2.51. The maximum Gasteiger partial charge on any atom is 0.356 e. The number of benzene rings is 2. The van der Waals surface area contributed by atoms with Gasteiger partial charge in [-0.3, -0.25) is 5.32 Å². The molecule has 0 amide bonds. The van der Waals surface area contributed by atoms with E-state index in [1.54, 1.807) is 10.8 Å². The topological polar surface area (TPSA) is 45.9 Å². The van der Waals surface area contributed by atoms with E-state index in [1.807, 2.05) is 30.3 Å². The molecule has 0 atom stereocenters. The van der Waals surface area contributed by atoms with Gasteiger partial charge in [-0.2, -0.15) is 4.57 Å². The van der Waals surface area contributed by atoms with Gasteiger partial charge in [0, 0.05) is 5.39 Å². The van der Waals surface area contributed by atoms with Crippen molar-refractivity contribution in [3.8, 4) is 0 Å². The lowest BCUT2D eigenvalue weighted by atomic mass is 10.1. The Morgan fingerprint density at radius 3 is 3.00 bits per heavy atom. The summed E-state index contributed by atoms with van der Waals surface area (Å²) in [4.78, 5) is 16.4. The van der Waals surface area contributed by atoms with E-state index < -0.39 is 0 Å². The van der Waals surface area contributed by atoms with E-state index in [0.29, 0.717) is 6.54 Å². The minimum absolute atomic E-state index is 0.0627. The van der Waals surface area contributed by atoms with E-state index in [-0.39, 0.29) is 5.91 Å². The molecule has 0 saturated heterocycles. The van der Waals surface area contributed by atoms with E-state index in [0.717, 1.165) is 27.6 Å². The zero-order chi connectivity index (χ0) is 12.1. The lowest BCUT2D eigenvalue weighted by Gasteiger charge is -2.03. The van der Waals surface area contributed by atoms with Crippen LogP contribution in [0.1, 0.15) is 4.79 Å². The van der Waals surface area contributed by atoms with E-state index in [1.165, 1.54) is 0 Å². The third-order valence-corrected chi connectivity index (χ3v) is 3.35. The second kappa shape index (κ2) is 3.26. The van der Waals surface area contributed by atoms with Crippen LogP contribution in [-0.4, -0.2) is 17.4 Å². The zero-order valence-corrected chi connectivity index (χ0v) is 9.55. The number of nitrogens with zero attached hydrogens (tertiary/aromatic N) is 2. The standard InChI is InChI=1S/C14H9N3O/c18-13-8-15-12-7-16-14-10-4-2-1-3-9(10)5-6-11(14)17(12)13/h1-7H,8H2/p+1. The monoisotopic (exact) mass is 236 g/mol. The van der Waals surface area contributed by atoms with Crippen LogP contribution < -0.4 is 9.88 Å². The second-order valence-electron chi connectivity index (χ2n) is 4.38. The number of aromatic nitrogens is 2. The Kier molecular flexibility index (Phi) is 1.73. The van der Waals surface area contributed by atoms with Crippen LogP contribution in [0.2, 0.25) is 0 Å². The molecule has 0 radical (unpaired) electrons. The van der Waals surface area contributed by atoms with Crippen molar-refractivity contribution in [3.05, 3.63) is 42.6 Å². The summed E-state index contributed by atoms with van der Waals surface area (Å²) in [5.74, 6) is 0.829. The minimum atomic E-state index is 0.0627. The molecule has 1 aliphatic rings. The van der Waals surface area contributed by atoms with Crippen molar-refractivity contribution in [3.63, 3.8) is 0 Å². The SMILES string of the molecule is O=C1CNc2cnc3c4ccccc4ccc3[n+]21. The Labute approximate surface area is 103 Å². The molecule has 0 aliphatic carbocycles. The number of fused-ring (bicyclic) bond motifs is 5. The Hall–Kier alpha value is -2.49. The van der Waals surface area contributed by atoms with Crippen molar-refractivity contribution in [1.82, 2.24) is 4.98 Å². The van der Waals surface area contributed by atoms with Crippen molar-refractivity contribution in [2.45, 2.75) is 0 Å². The highest BCUT2D eigenvalue weighted by Crippen LogP contribution is 2.23. The van der Waals surface area contributed by atoms with Crippen molar-refractivity contribution in [2.75, 3.05) is 11.9 Å². The smallest absolute Gasteiger partial charge is 0.261 e. The molecule has 2 heterocycles. The molecule has 0 fully saturated rings. The van der Waals surface area contributed by atoms with Crippen LogP contribution in [0.3, 0.4) is 0 Å². The Morgan fingerprint density at radius 1 is 1.17 bits per heavy atom. The highest BCUT2D eigenvalue weighted by molar-refractivity contribution is 6.03. The van der Waals surface area contributed by atoms with Gasteiger partial charge in [-0.25, -0.2) is 9.78 Å². The lowest BCUT2D eigenvalue weighted by Crippen LogP contribution is -2.40. The molecule has 1 aliphatic heterocycles. The number of rotatable bonds is 0. The van der Waals surface area contributed by atoms with Crippen molar-refractivity contribution < 1.29 is 9.36 Å². The molecular weight excluding hydrogens is 226 g/mol. The normalized spacial score (nSPS) is 13.9. The first-order valence-corrected chi connectivity index (χ1v) is 5.84. The summed E-state index contributed by atoms with van der Waals surface area (Å²) in [6.45, 7) is 0.341. The maximum absolute atomic E-state index is 11.9. The average molecular weight is 236 g/mol. The Bertz CT molecular complexity index is 811. The van der Waals surface area contributed by atoms with Gasteiger partial charge in [-0.05, 0) is 17.5 Å². The zero-order valence-electron chi connectivity index (χ0n) is 9.55. The predicted molar refractivity (Wildman–Crippen MR) is 68.6 cm³/mol. The molecule has 0 saturated carbocycles. The van der Waals surface area contributed by atoms with Crippen molar-refractivity contribution in [1.29, 1.82) is 0 Å². The molecule has 4 heteroatoms. The number of hydrogen-bond acceptors (Lipinski definition) is 3. The highest BCUT2D eigenvalue weighted by Gasteiger charge is 2.29. The molecule has 0 spiro atoms. The third-order valence-electron chi connectivity index (χ3n) is 3.35. The molecule has 86 valence electrons. The van der Waals surface area contributed by atoms with Gasteiger partial charge < -0.3 is 0 Å². The van der Waals surface area contributed by atoms with Gasteiger partial charge in [-0.15, -0.1) is 0 Å². The van der Waals surface area contributed by atoms with Crippen molar-refractivity contribution in [2.24, 2.45) is 0 Å². The second-order valence-corrected chi connectivity index (χ2v) is 4.38.